The highest BCUT2D eigenvalue weighted by Gasteiger charge is 2.11. The van der Waals surface area contributed by atoms with Crippen LogP contribution in [0.1, 0.15) is 52.4 Å². The number of unbranched alkanes of at least 4 members (excludes halogenated alkanes) is 2. The minimum atomic E-state index is -0.821. The summed E-state index contributed by atoms with van der Waals surface area (Å²) in [6, 6.07) is -0.0673. The fraction of sp³-hybridized carbons (Fsp3) is 0.846. The van der Waals surface area contributed by atoms with E-state index in [0.717, 1.165) is 38.8 Å². The van der Waals surface area contributed by atoms with Crippen LogP contribution >= 0.6 is 0 Å². The molecule has 0 aliphatic carbocycles. The molecule has 0 aliphatic heterocycles. The Bertz CT molecular complexity index is 236. The van der Waals surface area contributed by atoms with E-state index in [4.69, 9.17) is 5.11 Å². The maximum atomic E-state index is 11.9. The van der Waals surface area contributed by atoms with Gasteiger partial charge in [0.25, 0.3) is 0 Å². The number of nitrogens with one attached hydrogen (secondary N) is 1. The Labute approximate surface area is 110 Å². The number of hydrogen-bond acceptors (Lipinski definition) is 2. The maximum Gasteiger partial charge on any atom is 0.317 e. The van der Waals surface area contributed by atoms with E-state index < -0.39 is 5.97 Å². The number of hydrogen-bond donors (Lipinski definition) is 2. The summed E-state index contributed by atoms with van der Waals surface area (Å²) in [4.78, 5) is 24.0. The molecule has 2 N–H and O–H groups in total. The van der Waals surface area contributed by atoms with Crippen LogP contribution in [0, 0.1) is 0 Å². The third-order valence-corrected chi connectivity index (χ3v) is 2.69. The van der Waals surface area contributed by atoms with Gasteiger partial charge in [0, 0.05) is 26.1 Å². The van der Waals surface area contributed by atoms with E-state index in [1.54, 1.807) is 0 Å². The number of carbonyl (C=O) groups is 2. The van der Waals surface area contributed by atoms with Gasteiger partial charge in [-0.2, -0.15) is 0 Å². The number of carboxylic acid groups (broad SMARTS) is 1. The summed E-state index contributed by atoms with van der Waals surface area (Å²) in [5, 5.41) is 11.3. The molecule has 0 rings (SSSR count). The van der Waals surface area contributed by atoms with E-state index in [9.17, 15) is 9.59 Å². The SMILES string of the molecule is CCCCN(CCCC)C(=O)NCCCC(=O)O. The van der Waals surface area contributed by atoms with E-state index in [0.29, 0.717) is 13.0 Å². The zero-order valence-electron chi connectivity index (χ0n) is 11.6. The lowest BCUT2D eigenvalue weighted by Gasteiger charge is -2.22. The monoisotopic (exact) mass is 258 g/mol. The minimum Gasteiger partial charge on any atom is -0.481 e. The number of urea groups is 1. The standard InChI is InChI=1S/C13H26N2O3/c1-3-5-10-15(11-6-4-2)13(18)14-9-7-8-12(16)17/h3-11H2,1-2H3,(H,14,18)(H,16,17). The molecule has 0 bridgehead atoms. The average Bonchev–Trinajstić information content (AvgIpc) is 2.34. The van der Waals surface area contributed by atoms with Crippen molar-refractivity contribution in [3.63, 3.8) is 0 Å². The first-order chi connectivity index (χ1) is 8.61. The van der Waals surface area contributed by atoms with Gasteiger partial charge < -0.3 is 15.3 Å². The van der Waals surface area contributed by atoms with Crippen molar-refractivity contribution in [1.82, 2.24) is 10.2 Å². The molecule has 0 spiro atoms. The normalized spacial score (nSPS) is 10.1. The van der Waals surface area contributed by atoms with Crippen molar-refractivity contribution in [3.05, 3.63) is 0 Å². The predicted molar refractivity (Wildman–Crippen MR) is 71.7 cm³/mol. The maximum absolute atomic E-state index is 11.9. The minimum absolute atomic E-state index is 0.0673. The van der Waals surface area contributed by atoms with Crippen molar-refractivity contribution in [2.45, 2.75) is 52.4 Å². The van der Waals surface area contributed by atoms with Gasteiger partial charge in [0.05, 0.1) is 0 Å². The van der Waals surface area contributed by atoms with Crippen molar-refractivity contribution in [2.75, 3.05) is 19.6 Å². The summed E-state index contributed by atoms with van der Waals surface area (Å²) in [6.45, 7) is 6.19. The van der Waals surface area contributed by atoms with Crippen LogP contribution in [0.3, 0.4) is 0 Å². The summed E-state index contributed by atoms with van der Waals surface area (Å²) >= 11 is 0. The van der Waals surface area contributed by atoms with Crippen molar-refractivity contribution >= 4 is 12.0 Å². The summed E-state index contributed by atoms with van der Waals surface area (Å²) in [7, 11) is 0. The van der Waals surface area contributed by atoms with Gasteiger partial charge in [-0.1, -0.05) is 26.7 Å². The molecule has 0 aliphatic rings. The average molecular weight is 258 g/mol. The third-order valence-electron chi connectivity index (χ3n) is 2.69. The van der Waals surface area contributed by atoms with Crippen LogP contribution < -0.4 is 5.32 Å². The molecule has 2 amide bonds. The highest BCUT2D eigenvalue weighted by Crippen LogP contribution is 2.00. The second-order valence-corrected chi connectivity index (χ2v) is 4.42. The topological polar surface area (TPSA) is 69.6 Å². The molecule has 18 heavy (non-hydrogen) atoms. The van der Waals surface area contributed by atoms with Crippen LogP contribution in [0.5, 0.6) is 0 Å². The second-order valence-electron chi connectivity index (χ2n) is 4.42. The lowest BCUT2D eigenvalue weighted by molar-refractivity contribution is -0.137. The van der Waals surface area contributed by atoms with Crippen LogP contribution in [0.25, 0.3) is 0 Å². The Hall–Kier alpha value is -1.26. The van der Waals surface area contributed by atoms with Gasteiger partial charge in [-0.15, -0.1) is 0 Å². The molecule has 0 aromatic carbocycles. The smallest absolute Gasteiger partial charge is 0.317 e. The molecule has 0 heterocycles. The van der Waals surface area contributed by atoms with Gasteiger partial charge in [-0.3, -0.25) is 4.79 Å². The molecule has 0 aromatic heterocycles. The van der Waals surface area contributed by atoms with Gasteiger partial charge in [-0.25, -0.2) is 4.79 Å². The second kappa shape index (κ2) is 10.9. The zero-order chi connectivity index (χ0) is 13.8. The molecule has 0 fully saturated rings. The first kappa shape index (κ1) is 16.7. The van der Waals surface area contributed by atoms with Gasteiger partial charge >= 0.3 is 12.0 Å². The van der Waals surface area contributed by atoms with Crippen molar-refractivity contribution in [1.29, 1.82) is 0 Å². The lowest BCUT2D eigenvalue weighted by Crippen LogP contribution is -2.41. The fourth-order valence-corrected chi connectivity index (χ4v) is 1.56. The molecular weight excluding hydrogens is 232 g/mol. The number of nitrogens with zero attached hydrogens (tertiary/aromatic N) is 1. The highest BCUT2D eigenvalue weighted by atomic mass is 16.4. The number of amides is 2. The van der Waals surface area contributed by atoms with Crippen LogP contribution in [0.15, 0.2) is 0 Å². The van der Waals surface area contributed by atoms with Gasteiger partial charge in [0.1, 0.15) is 0 Å². The molecule has 5 nitrogen and oxygen atoms in total. The first-order valence-electron chi connectivity index (χ1n) is 6.86. The number of carbonyl (C=O) groups excluding carboxylic acids is 1. The summed E-state index contributed by atoms with van der Waals surface area (Å²) < 4.78 is 0. The van der Waals surface area contributed by atoms with E-state index in [-0.39, 0.29) is 12.5 Å². The van der Waals surface area contributed by atoms with Gasteiger partial charge in [0.2, 0.25) is 0 Å². The van der Waals surface area contributed by atoms with Crippen LogP contribution in [-0.2, 0) is 4.79 Å². The number of rotatable bonds is 10. The lowest BCUT2D eigenvalue weighted by atomic mass is 10.2. The molecule has 5 heteroatoms. The largest absolute Gasteiger partial charge is 0.481 e. The van der Waals surface area contributed by atoms with Crippen molar-refractivity contribution in [3.8, 4) is 0 Å². The molecule has 0 saturated carbocycles. The van der Waals surface area contributed by atoms with E-state index >= 15 is 0 Å². The van der Waals surface area contributed by atoms with Crippen LogP contribution in [-0.4, -0.2) is 41.6 Å². The first-order valence-corrected chi connectivity index (χ1v) is 6.86. The summed E-state index contributed by atoms with van der Waals surface area (Å²) in [5.41, 5.74) is 0. The Morgan fingerprint density at radius 2 is 1.61 bits per heavy atom. The number of carboxylic acids is 1. The summed E-state index contributed by atoms with van der Waals surface area (Å²) in [6.07, 6.45) is 4.73. The summed E-state index contributed by atoms with van der Waals surface area (Å²) in [5.74, 6) is -0.821. The van der Waals surface area contributed by atoms with Gasteiger partial charge in [0.15, 0.2) is 0 Å². The Morgan fingerprint density at radius 1 is 1.06 bits per heavy atom. The predicted octanol–water partition coefficient (Wildman–Crippen LogP) is 2.46. The molecule has 0 unspecified atom stereocenters. The molecule has 0 atom stereocenters. The van der Waals surface area contributed by atoms with Gasteiger partial charge in [-0.05, 0) is 19.3 Å². The van der Waals surface area contributed by atoms with E-state index in [1.807, 2.05) is 4.90 Å². The Balaban J connectivity index is 3.91. The fourth-order valence-electron chi connectivity index (χ4n) is 1.56. The molecule has 106 valence electrons. The van der Waals surface area contributed by atoms with Crippen LogP contribution in [0.2, 0.25) is 0 Å². The van der Waals surface area contributed by atoms with Crippen LogP contribution in [0.4, 0.5) is 4.79 Å². The molecular formula is C13H26N2O3. The van der Waals surface area contributed by atoms with Crippen molar-refractivity contribution < 1.29 is 14.7 Å². The van der Waals surface area contributed by atoms with Crippen molar-refractivity contribution in [2.24, 2.45) is 0 Å². The van der Waals surface area contributed by atoms with E-state index in [1.165, 1.54) is 0 Å². The zero-order valence-corrected chi connectivity index (χ0v) is 11.6. The Morgan fingerprint density at radius 3 is 2.06 bits per heavy atom. The third kappa shape index (κ3) is 8.84. The molecule has 0 aromatic rings. The quantitative estimate of drug-likeness (QED) is 0.591. The molecule has 0 saturated heterocycles. The number of aliphatic carboxylic acids is 1. The Kier molecular flexibility index (Phi) is 10.1. The molecule has 0 radical (unpaired) electrons. The van der Waals surface area contributed by atoms with E-state index in [2.05, 4.69) is 19.2 Å². The highest BCUT2D eigenvalue weighted by molar-refractivity contribution is 5.74.